The Kier molecular flexibility index (Phi) is 8.91. The summed E-state index contributed by atoms with van der Waals surface area (Å²) in [6, 6.07) is 9.57. The van der Waals surface area contributed by atoms with Gasteiger partial charge in [-0.25, -0.2) is 0 Å². The lowest BCUT2D eigenvalue weighted by atomic mass is 10.1. The summed E-state index contributed by atoms with van der Waals surface area (Å²) in [6.45, 7) is 2.91. The Hall–Kier alpha value is -1.88. The fourth-order valence-corrected chi connectivity index (χ4v) is 2.16. The van der Waals surface area contributed by atoms with Crippen LogP contribution in [0.2, 0.25) is 0 Å². The summed E-state index contributed by atoms with van der Waals surface area (Å²) in [5.41, 5.74) is 6.61. The first-order valence-corrected chi connectivity index (χ1v) is 7.95. The molecule has 0 aliphatic rings. The highest BCUT2D eigenvalue weighted by Gasteiger charge is 2.10. The fraction of sp³-hybridized carbons (Fsp3) is 0.529. The first-order chi connectivity index (χ1) is 10.7. The number of carbonyl (C=O) groups is 2. The van der Waals surface area contributed by atoms with Gasteiger partial charge in [-0.15, -0.1) is 0 Å². The number of rotatable bonds is 10. The topological polar surface area (TPSA) is 84.2 Å². The van der Waals surface area contributed by atoms with Crippen LogP contribution in [-0.2, 0) is 16.0 Å². The van der Waals surface area contributed by atoms with Crippen LogP contribution < -0.4 is 16.4 Å². The van der Waals surface area contributed by atoms with E-state index in [4.69, 9.17) is 5.73 Å². The monoisotopic (exact) mass is 305 g/mol. The average molecular weight is 305 g/mol. The summed E-state index contributed by atoms with van der Waals surface area (Å²) < 4.78 is 0. The molecule has 0 spiro atoms. The van der Waals surface area contributed by atoms with Crippen LogP contribution in [0.15, 0.2) is 30.3 Å². The zero-order valence-electron chi connectivity index (χ0n) is 13.3. The summed E-state index contributed by atoms with van der Waals surface area (Å²) in [4.78, 5) is 23.5. The molecule has 1 atom stereocenters. The van der Waals surface area contributed by atoms with Crippen LogP contribution in [-0.4, -0.2) is 30.9 Å². The minimum atomic E-state index is -0.0691. The molecule has 0 aromatic heterocycles. The van der Waals surface area contributed by atoms with Crippen molar-refractivity contribution in [2.45, 2.75) is 45.1 Å². The maximum atomic E-state index is 11.8. The summed E-state index contributed by atoms with van der Waals surface area (Å²) in [5, 5.41) is 5.68. The van der Waals surface area contributed by atoms with Crippen LogP contribution in [0.1, 0.15) is 38.2 Å². The molecule has 0 aliphatic heterocycles. The van der Waals surface area contributed by atoms with E-state index in [-0.39, 0.29) is 24.3 Å². The van der Waals surface area contributed by atoms with Crippen LogP contribution in [0, 0.1) is 0 Å². The molecule has 1 aromatic carbocycles. The molecule has 1 aromatic rings. The highest BCUT2D eigenvalue weighted by molar-refractivity contribution is 5.80. The first kappa shape index (κ1) is 18.2. The van der Waals surface area contributed by atoms with E-state index in [1.807, 2.05) is 30.3 Å². The number of hydrogen-bond acceptors (Lipinski definition) is 3. The van der Waals surface area contributed by atoms with Crippen molar-refractivity contribution < 1.29 is 9.59 Å². The molecule has 0 fully saturated rings. The quantitative estimate of drug-likeness (QED) is 0.610. The molecule has 0 saturated heterocycles. The Bertz CT molecular complexity index is 448. The molecule has 122 valence electrons. The largest absolute Gasteiger partial charge is 0.355 e. The molecule has 0 heterocycles. The molecule has 2 amide bonds. The number of nitrogens with two attached hydrogens (primary N) is 1. The Morgan fingerprint density at radius 2 is 1.91 bits per heavy atom. The zero-order valence-corrected chi connectivity index (χ0v) is 13.3. The van der Waals surface area contributed by atoms with Gasteiger partial charge in [0.1, 0.15) is 0 Å². The molecular formula is C17H27N3O2. The Balaban J connectivity index is 2.19. The van der Waals surface area contributed by atoms with Gasteiger partial charge in [0.25, 0.3) is 0 Å². The summed E-state index contributed by atoms with van der Waals surface area (Å²) >= 11 is 0. The highest BCUT2D eigenvalue weighted by atomic mass is 16.2. The minimum absolute atomic E-state index is 0.0347. The van der Waals surface area contributed by atoms with Crippen LogP contribution in [0.3, 0.4) is 0 Å². The fourth-order valence-electron chi connectivity index (χ4n) is 2.16. The molecular weight excluding hydrogens is 278 g/mol. The van der Waals surface area contributed by atoms with E-state index in [1.54, 1.807) is 0 Å². The molecule has 4 N–H and O–H groups in total. The summed E-state index contributed by atoms with van der Waals surface area (Å²) in [7, 11) is 0. The van der Waals surface area contributed by atoms with Crippen molar-refractivity contribution in [2.24, 2.45) is 5.73 Å². The second-order valence-corrected chi connectivity index (χ2v) is 5.40. The summed E-state index contributed by atoms with van der Waals surface area (Å²) in [5.74, 6) is -0.132. The molecule has 0 saturated carbocycles. The maximum Gasteiger partial charge on any atom is 0.224 e. The Morgan fingerprint density at radius 1 is 1.18 bits per heavy atom. The number of hydrogen-bond donors (Lipinski definition) is 3. The third-order valence-electron chi connectivity index (χ3n) is 3.44. The van der Waals surface area contributed by atoms with Gasteiger partial charge in [-0.3, -0.25) is 9.59 Å². The number of nitrogens with one attached hydrogen (secondary N) is 2. The highest BCUT2D eigenvalue weighted by Crippen LogP contribution is 2.00. The smallest absolute Gasteiger partial charge is 0.224 e. The van der Waals surface area contributed by atoms with E-state index in [0.717, 1.165) is 24.8 Å². The van der Waals surface area contributed by atoms with Crippen molar-refractivity contribution >= 4 is 11.8 Å². The lowest BCUT2D eigenvalue weighted by Gasteiger charge is -2.16. The number of benzene rings is 1. The van der Waals surface area contributed by atoms with Crippen molar-refractivity contribution in [3.63, 3.8) is 0 Å². The van der Waals surface area contributed by atoms with Crippen molar-refractivity contribution in [1.82, 2.24) is 10.6 Å². The third kappa shape index (κ3) is 7.78. The van der Waals surface area contributed by atoms with Crippen LogP contribution in [0.4, 0.5) is 0 Å². The average Bonchev–Trinajstić information content (AvgIpc) is 2.52. The van der Waals surface area contributed by atoms with Gasteiger partial charge < -0.3 is 16.4 Å². The van der Waals surface area contributed by atoms with Gasteiger partial charge in [-0.1, -0.05) is 50.1 Å². The number of unbranched alkanes of at least 4 members (excludes halogenated alkanes) is 1. The normalized spacial score (nSPS) is 11.7. The Labute approximate surface area is 132 Å². The standard InChI is InChI=1S/C17H27N3O2/c1-2-3-9-15(13-18)20-16(21)10-11-19-17(22)12-14-7-5-4-6-8-14/h4-8,15H,2-3,9-13,18H2,1H3,(H,19,22)(H,20,21). The molecule has 0 radical (unpaired) electrons. The van der Waals surface area contributed by atoms with E-state index in [9.17, 15) is 9.59 Å². The van der Waals surface area contributed by atoms with E-state index >= 15 is 0 Å². The first-order valence-electron chi connectivity index (χ1n) is 7.95. The molecule has 22 heavy (non-hydrogen) atoms. The van der Waals surface area contributed by atoms with Crippen molar-refractivity contribution in [1.29, 1.82) is 0 Å². The predicted molar refractivity (Wildman–Crippen MR) is 88.3 cm³/mol. The molecule has 1 unspecified atom stereocenters. The Morgan fingerprint density at radius 3 is 2.55 bits per heavy atom. The summed E-state index contributed by atoms with van der Waals surface area (Å²) in [6.07, 6.45) is 3.66. The van der Waals surface area contributed by atoms with Crippen LogP contribution >= 0.6 is 0 Å². The van der Waals surface area contributed by atoms with Gasteiger partial charge in [0, 0.05) is 25.6 Å². The number of amides is 2. The zero-order chi connectivity index (χ0) is 16.2. The second-order valence-electron chi connectivity index (χ2n) is 5.40. The third-order valence-corrected chi connectivity index (χ3v) is 3.44. The molecule has 5 heteroatoms. The number of carbonyl (C=O) groups excluding carboxylic acids is 2. The van der Waals surface area contributed by atoms with Crippen molar-refractivity contribution in [3.8, 4) is 0 Å². The maximum absolute atomic E-state index is 11.8. The second kappa shape index (κ2) is 10.8. The lowest BCUT2D eigenvalue weighted by molar-refractivity contribution is -0.122. The van der Waals surface area contributed by atoms with E-state index in [1.165, 1.54) is 0 Å². The predicted octanol–water partition coefficient (Wildman–Crippen LogP) is 1.37. The van der Waals surface area contributed by atoms with Crippen molar-refractivity contribution in [2.75, 3.05) is 13.1 Å². The molecule has 1 rings (SSSR count). The van der Waals surface area contributed by atoms with Gasteiger partial charge in [0.05, 0.1) is 6.42 Å². The van der Waals surface area contributed by atoms with Crippen LogP contribution in [0.25, 0.3) is 0 Å². The minimum Gasteiger partial charge on any atom is -0.355 e. The van der Waals surface area contributed by atoms with Gasteiger partial charge in [0.2, 0.25) is 11.8 Å². The van der Waals surface area contributed by atoms with E-state index in [0.29, 0.717) is 19.5 Å². The van der Waals surface area contributed by atoms with Gasteiger partial charge in [0.15, 0.2) is 0 Å². The van der Waals surface area contributed by atoms with Gasteiger partial charge in [-0.05, 0) is 12.0 Å². The van der Waals surface area contributed by atoms with Crippen LogP contribution in [0.5, 0.6) is 0 Å². The van der Waals surface area contributed by atoms with E-state index in [2.05, 4.69) is 17.6 Å². The lowest BCUT2D eigenvalue weighted by Crippen LogP contribution is -2.41. The van der Waals surface area contributed by atoms with Gasteiger partial charge >= 0.3 is 0 Å². The van der Waals surface area contributed by atoms with E-state index < -0.39 is 0 Å². The molecule has 0 bridgehead atoms. The van der Waals surface area contributed by atoms with Gasteiger partial charge in [-0.2, -0.15) is 0 Å². The molecule has 5 nitrogen and oxygen atoms in total. The SMILES string of the molecule is CCCCC(CN)NC(=O)CCNC(=O)Cc1ccccc1. The molecule has 0 aliphatic carbocycles. The van der Waals surface area contributed by atoms with Crippen molar-refractivity contribution in [3.05, 3.63) is 35.9 Å².